The highest BCUT2D eigenvalue weighted by Crippen LogP contribution is 2.21. The van der Waals surface area contributed by atoms with Crippen LogP contribution in [-0.2, 0) is 13.1 Å². The zero-order chi connectivity index (χ0) is 22.1. The fraction of sp³-hybridized carbons (Fsp3) is 0.0833. The van der Waals surface area contributed by atoms with Crippen LogP contribution in [0, 0.1) is 11.6 Å². The second kappa shape index (κ2) is 10.8. The minimum absolute atomic E-state index is 0.216. The number of hydrogen-bond acceptors (Lipinski definition) is 3. The lowest BCUT2D eigenvalue weighted by molar-refractivity contribution is 0.252. The lowest BCUT2D eigenvalue weighted by Gasteiger charge is -2.10. The van der Waals surface area contributed by atoms with Crippen LogP contribution < -0.4 is 16.4 Å². The Bertz CT molecular complexity index is 1130. The van der Waals surface area contributed by atoms with Gasteiger partial charge < -0.3 is 16.4 Å². The van der Waals surface area contributed by atoms with E-state index in [2.05, 4.69) is 15.6 Å². The Kier molecular flexibility index (Phi) is 7.61. The van der Waals surface area contributed by atoms with Gasteiger partial charge in [0, 0.05) is 36.3 Å². The smallest absolute Gasteiger partial charge is 0.319 e. The van der Waals surface area contributed by atoms with Crippen LogP contribution in [0.3, 0.4) is 0 Å². The highest BCUT2D eigenvalue weighted by atomic mass is 19.1. The number of hydrogen-bond donors (Lipinski definition) is 3. The molecule has 0 saturated carbocycles. The normalized spacial score (nSPS) is 10.2. The molecule has 0 aliphatic carbocycles. The van der Waals surface area contributed by atoms with Crippen LogP contribution in [0.2, 0.25) is 0 Å². The van der Waals surface area contributed by atoms with Gasteiger partial charge in [-0.1, -0.05) is 36.4 Å². The summed E-state index contributed by atoms with van der Waals surface area (Å²) in [6, 6.07) is 19.3. The van der Waals surface area contributed by atoms with Crippen LogP contribution >= 0.6 is 0 Å². The fourth-order valence-electron chi connectivity index (χ4n) is 2.80. The maximum atomic E-state index is 12.8. The molecule has 7 heteroatoms. The van der Waals surface area contributed by atoms with Gasteiger partial charge in [0.2, 0.25) is 0 Å². The number of benzene rings is 3. The van der Waals surface area contributed by atoms with Crippen molar-refractivity contribution >= 4 is 22.5 Å². The number of nitrogens with zero attached hydrogens (tertiary/aromatic N) is 1. The molecule has 158 valence electrons. The molecule has 31 heavy (non-hydrogen) atoms. The van der Waals surface area contributed by atoms with Gasteiger partial charge in [-0.3, -0.25) is 4.98 Å². The van der Waals surface area contributed by atoms with Crippen molar-refractivity contribution in [1.29, 1.82) is 0 Å². The summed E-state index contributed by atoms with van der Waals surface area (Å²) in [6.07, 6.45) is 3.43. The molecule has 0 saturated heterocycles. The zero-order valence-electron chi connectivity index (χ0n) is 16.7. The highest BCUT2D eigenvalue weighted by Gasteiger charge is 2.05. The molecule has 0 unspecified atom stereocenters. The van der Waals surface area contributed by atoms with Gasteiger partial charge in [-0.2, -0.15) is 0 Å². The average molecular weight is 420 g/mol. The number of pyridine rings is 1. The third-order valence-corrected chi connectivity index (χ3v) is 4.44. The lowest BCUT2D eigenvalue weighted by Crippen LogP contribution is -2.28. The number of nitrogens with two attached hydrogens (primary N) is 1. The number of carbonyl (C=O) groups excluding carboxylic acids is 1. The van der Waals surface area contributed by atoms with Gasteiger partial charge in [-0.15, -0.1) is 0 Å². The molecule has 2 amide bonds. The molecule has 5 nitrogen and oxygen atoms in total. The summed E-state index contributed by atoms with van der Waals surface area (Å²) in [5.41, 5.74) is 7.78. The highest BCUT2D eigenvalue weighted by molar-refractivity contribution is 6.01. The summed E-state index contributed by atoms with van der Waals surface area (Å²) < 4.78 is 25.0. The molecule has 4 N–H and O–H groups in total. The molecule has 1 aromatic heterocycles. The first-order valence-electron chi connectivity index (χ1n) is 9.61. The molecule has 4 rings (SSSR count). The van der Waals surface area contributed by atoms with Gasteiger partial charge in [0.25, 0.3) is 0 Å². The largest absolute Gasteiger partial charge is 0.334 e. The Morgan fingerprint density at radius 1 is 0.871 bits per heavy atom. The zero-order valence-corrected chi connectivity index (χ0v) is 16.7. The topological polar surface area (TPSA) is 80.0 Å². The third kappa shape index (κ3) is 6.58. The Labute approximate surface area is 178 Å². The fourth-order valence-corrected chi connectivity index (χ4v) is 2.80. The van der Waals surface area contributed by atoms with Gasteiger partial charge in [-0.05, 0) is 47.5 Å². The van der Waals surface area contributed by atoms with Crippen LogP contribution in [0.15, 0.2) is 85.2 Å². The summed E-state index contributed by atoms with van der Waals surface area (Å²) in [5, 5.41) is 7.44. The Morgan fingerprint density at radius 2 is 1.52 bits per heavy atom. The molecule has 0 fully saturated rings. The van der Waals surface area contributed by atoms with Gasteiger partial charge in [-0.25, -0.2) is 13.6 Å². The number of fused-ring (bicyclic) bond motifs is 1. The van der Waals surface area contributed by atoms with Crippen molar-refractivity contribution in [3.63, 3.8) is 0 Å². The first kappa shape index (κ1) is 21.9. The van der Waals surface area contributed by atoms with Crippen molar-refractivity contribution in [3.8, 4) is 0 Å². The number of anilines is 1. The van der Waals surface area contributed by atoms with Gasteiger partial charge in [0.15, 0.2) is 0 Å². The number of amides is 2. The molecule has 0 aliphatic rings. The second-order valence-corrected chi connectivity index (χ2v) is 6.67. The number of carbonyl (C=O) groups is 1. The van der Waals surface area contributed by atoms with Crippen molar-refractivity contribution in [1.82, 2.24) is 10.3 Å². The Balaban J connectivity index is 0.000000254. The Morgan fingerprint density at radius 3 is 2.16 bits per heavy atom. The van der Waals surface area contributed by atoms with Crippen molar-refractivity contribution in [2.24, 2.45) is 5.73 Å². The third-order valence-electron chi connectivity index (χ3n) is 4.44. The number of nitrogens with one attached hydrogen (secondary N) is 2. The van der Waals surface area contributed by atoms with E-state index >= 15 is 0 Å². The first-order chi connectivity index (χ1) is 15.0. The van der Waals surface area contributed by atoms with Crippen molar-refractivity contribution in [3.05, 3.63) is 108 Å². The summed E-state index contributed by atoms with van der Waals surface area (Å²) in [7, 11) is 0. The van der Waals surface area contributed by atoms with Crippen LogP contribution in [0.1, 0.15) is 11.1 Å². The van der Waals surface area contributed by atoms with Crippen molar-refractivity contribution < 1.29 is 13.6 Å². The monoisotopic (exact) mass is 420 g/mol. The summed E-state index contributed by atoms with van der Waals surface area (Å²) in [4.78, 5) is 16.0. The van der Waals surface area contributed by atoms with Crippen molar-refractivity contribution in [2.75, 3.05) is 5.32 Å². The SMILES string of the molecule is NCc1ccc(F)cc1.O=C(NCc1ccc(F)cc1)Nc1cccc2cnccc12. The first-order valence-corrected chi connectivity index (χ1v) is 9.61. The lowest BCUT2D eigenvalue weighted by atomic mass is 10.1. The molecule has 0 atom stereocenters. The molecule has 1 heterocycles. The maximum absolute atomic E-state index is 12.8. The minimum atomic E-state index is -0.311. The molecule has 0 bridgehead atoms. The van der Waals surface area contributed by atoms with Gasteiger partial charge in [0.1, 0.15) is 11.6 Å². The summed E-state index contributed by atoms with van der Waals surface area (Å²) in [5.74, 6) is -0.509. The molecule has 4 aromatic rings. The van der Waals surface area contributed by atoms with E-state index < -0.39 is 0 Å². The van der Waals surface area contributed by atoms with Crippen LogP contribution in [0.4, 0.5) is 19.3 Å². The van der Waals surface area contributed by atoms with E-state index in [1.54, 1.807) is 36.7 Å². The number of aromatic nitrogens is 1. The molecule has 0 aliphatic heterocycles. The van der Waals surface area contributed by atoms with E-state index in [0.29, 0.717) is 13.1 Å². The predicted octanol–water partition coefficient (Wildman–Crippen LogP) is 4.98. The molecular formula is C24H22F2N4O. The average Bonchev–Trinajstić information content (AvgIpc) is 2.80. The van der Waals surface area contributed by atoms with Crippen LogP contribution in [0.25, 0.3) is 10.8 Å². The van der Waals surface area contributed by atoms with Gasteiger partial charge >= 0.3 is 6.03 Å². The van der Waals surface area contributed by atoms with E-state index in [4.69, 9.17) is 5.73 Å². The van der Waals surface area contributed by atoms with E-state index in [9.17, 15) is 13.6 Å². The van der Waals surface area contributed by atoms with Crippen LogP contribution in [-0.4, -0.2) is 11.0 Å². The summed E-state index contributed by atoms with van der Waals surface area (Å²) >= 11 is 0. The Hall–Kier alpha value is -3.84. The maximum Gasteiger partial charge on any atom is 0.319 e. The minimum Gasteiger partial charge on any atom is -0.334 e. The van der Waals surface area contributed by atoms with Gasteiger partial charge in [0.05, 0.1) is 5.69 Å². The van der Waals surface area contributed by atoms with E-state index in [0.717, 1.165) is 27.6 Å². The van der Waals surface area contributed by atoms with E-state index in [-0.39, 0.29) is 17.7 Å². The second-order valence-electron chi connectivity index (χ2n) is 6.67. The number of halogens is 2. The standard InChI is InChI=1S/C17H14FN3O.C7H8FN/c18-14-6-4-12(5-7-14)10-20-17(22)21-16-3-1-2-13-11-19-9-8-15(13)16;8-7-3-1-6(5-9)2-4-7/h1-9,11H,10H2,(H2,20,21,22);1-4H,5,9H2. The number of urea groups is 1. The molecular weight excluding hydrogens is 398 g/mol. The molecule has 0 spiro atoms. The predicted molar refractivity (Wildman–Crippen MR) is 118 cm³/mol. The van der Waals surface area contributed by atoms with Crippen LogP contribution in [0.5, 0.6) is 0 Å². The van der Waals surface area contributed by atoms with E-state index in [1.165, 1.54) is 24.3 Å². The van der Waals surface area contributed by atoms with E-state index in [1.807, 2.05) is 24.3 Å². The number of rotatable bonds is 4. The molecule has 0 radical (unpaired) electrons. The van der Waals surface area contributed by atoms with Crippen molar-refractivity contribution in [2.45, 2.75) is 13.1 Å². The quantitative estimate of drug-likeness (QED) is 0.436. The molecule has 3 aromatic carbocycles. The summed E-state index contributed by atoms with van der Waals surface area (Å²) in [6.45, 7) is 0.804.